The zero-order valence-corrected chi connectivity index (χ0v) is 13.7. The molecular formula is C12H19N5O2S2. The summed E-state index contributed by atoms with van der Waals surface area (Å²) in [7, 11) is -3.63. The molecule has 1 fully saturated rings. The molecule has 3 N–H and O–H groups in total. The minimum absolute atomic E-state index is 0.0138. The number of nitrogens with zero attached hydrogens (tertiary/aromatic N) is 3. The number of nitrogens with two attached hydrogens (primary N) is 1. The van der Waals surface area contributed by atoms with Gasteiger partial charge < -0.3 is 5.43 Å². The van der Waals surface area contributed by atoms with Crippen molar-refractivity contribution in [3.8, 4) is 0 Å². The SMILES string of the molecule is CC1(C)CCCN(S(=O)(=O)c2c(NN)nc3sccn23)C1. The van der Waals surface area contributed by atoms with E-state index in [4.69, 9.17) is 5.84 Å². The van der Waals surface area contributed by atoms with Crippen molar-refractivity contribution in [3.05, 3.63) is 11.6 Å². The fourth-order valence-electron chi connectivity index (χ4n) is 2.80. The lowest BCUT2D eigenvalue weighted by atomic mass is 9.85. The van der Waals surface area contributed by atoms with Gasteiger partial charge in [-0.1, -0.05) is 13.8 Å². The number of piperidine rings is 1. The van der Waals surface area contributed by atoms with Gasteiger partial charge in [0.15, 0.2) is 10.8 Å². The van der Waals surface area contributed by atoms with Gasteiger partial charge in [0.2, 0.25) is 5.03 Å². The van der Waals surface area contributed by atoms with Crippen LogP contribution >= 0.6 is 11.3 Å². The van der Waals surface area contributed by atoms with Crippen LogP contribution in [0.15, 0.2) is 16.6 Å². The van der Waals surface area contributed by atoms with Crippen LogP contribution in [-0.2, 0) is 10.0 Å². The third kappa shape index (κ3) is 2.44. The number of sulfonamides is 1. The van der Waals surface area contributed by atoms with Crippen LogP contribution in [0.1, 0.15) is 26.7 Å². The molecule has 2 aromatic heterocycles. The van der Waals surface area contributed by atoms with E-state index < -0.39 is 10.0 Å². The van der Waals surface area contributed by atoms with Crippen LogP contribution in [0.5, 0.6) is 0 Å². The van der Waals surface area contributed by atoms with Crippen molar-refractivity contribution in [1.29, 1.82) is 0 Å². The number of hydrogen-bond acceptors (Lipinski definition) is 6. The van der Waals surface area contributed by atoms with Gasteiger partial charge >= 0.3 is 0 Å². The summed E-state index contributed by atoms with van der Waals surface area (Å²) in [5.74, 6) is 5.65. The van der Waals surface area contributed by atoms with E-state index in [-0.39, 0.29) is 16.3 Å². The molecule has 1 saturated heterocycles. The second-order valence-electron chi connectivity index (χ2n) is 6.07. The zero-order valence-electron chi connectivity index (χ0n) is 12.0. The van der Waals surface area contributed by atoms with Gasteiger partial charge in [0, 0.05) is 24.7 Å². The third-order valence-corrected chi connectivity index (χ3v) is 6.43. The number of fused-ring (bicyclic) bond motifs is 1. The Morgan fingerprint density at radius 2 is 2.24 bits per heavy atom. The van der Waals surface area contributed by atoms with E-state index in [1.807, 2.05) is 5.38 Å². The summed E-state index contributed by atoms with van der Waals surface area (Å²) in [5.41, 5.74) is 2.39. The Bertz CT molecular complexity index is 762. The van der Waals surface area contributed by atoms with Crippen molar-refractivity contribution in [1.82, 2.24) is 13.7 Å². The number of rotatable bonds is 3. The number of anilines is 1. The van der Waals surface area contributed by atoms with Crippen molar-refractivity contribution in [2.24, 2.45) is 11.3 Å². The Kier molecular flexibility index (Phi) is 3.47. The van der Waals surface area contributed by atoms with Gasteiger partial charge in [-0.2, -0.15) is 9.29 Å². The molecule has 1 aliphatic rings. The molecule has 9 heteroatoms. The van der Waals surface area contributed by atoms with Crippen LogP contribution in [0.4, 0.5) is 5.82 Å². The Balaban J connectivity index is 2.09. The van der Waals surface area contributed by atoms with E-state index >= 15 is 0 Å². The summed E-state index contributed by atoms with van der Waals surface area (Å²) in [6.07, 6.45) is 3.60. The van der Waals surface area contributed by atoms with Crippen molar-refractivity contribution in [2.75, 3.05) is 18.5 Å². The number of imidazole rings is 1. The first-order valence-corrected chi connectivity index (χ1v) is 9.09. The molecule has 0 aliphatic carbocycles. The molecule has 0 spiro atoms. The van der Waals surface area contributed by atoms with E-state index in [1.165, 1.54) is 11.3 Å². The normalized spacial score (nSPS) is 20.0. The topological polar surface area (TPSA) is 92.7 Å². The predicted octanol–water partition coefficient (Wildman–Crippen LogP) is 1.49. The summed E-state index contributed by atoms with van der Waals surface area (Å²) < 4.78 is 29.1. The molecule has 2 aromatic rings. The quantitative estimate of drug-likeness (QED) is 0.657. The molecular weight excluding hydrogens is 310 g/mol. The molecule has 0 atom stereocenters. The number of nitrogens with one attached hydrogen (secondary N) is 1. The number of hydrogen-bond donors (Lipinski definition) is 2. The van der Waals surface area contributed by atoms with Gasteiger partial charge in [-0.3, -0.25) is 4.40 Å². The molecule has 0 bridgehead atoms. The summed E-state index contributed by atoms with van der Waals surface area (Å²) in [4.78, 5) is 4.84. The first kappa shape index (κ1) is 14.8. The third-order valence-electron chi connectivity index (χ3n) is 3.80. The molecule has 0 radical (unpaired) electrons. The lowest BCUT2D eigenvalue weighted by molar-refractivity contribution is 0.186. The standard InChI is InChI=1S/C12H19N5O2S2/c1-12(2)4-3-5-16(8-12)21(18,19)10-9(15-13)14-11-17(10)6-7-20-11/h6-7,15H,3-5,8,13H2,1-2H3. The molecule has 0 amide bonds. The highest BCUT2D eigenvalue weighted by Gasteiger charge is 2.37. The van der Waals surface area contributed by atoms with Crippen LogP contribution in [0.2, 0.25) is 0 Å². The minimum atomic E-state index is -3.63. The van der Waals surface area contributed by atoms with E-state index in [1.54, 1.807) is 14.9 Å². The second kappa shape index (κ2) is 4.94. The fraction of sp³-hybridized carbons (Fsp3) is 0.583. The Morgan fingerprint density at radius 3 is 2.90 bits per heavy atom. The maximum absolute atomic E-state index is 13.0. The summed E-state index contributed by atoms with van der Waals surface area (Å²) in [6, 6.07) is 0. The number of hydrazine groups is 1. The average molecular weight is 329 g/mol. The van der Waals surface area contributed by atoms with Gasteiger partial charge in [-0.25, -0.2) is 14.3 Å². The van der Waals surface area contributed by atoms with Crippen LogP contribution in [0.3, 0.4) is 0 Å². The summed E-state index contributed by atoms with van der Waals surface area (Å²) in [6.45, 7) is 5.23. The number of aromatic nitrogens is 2. The molecule has 1 aliphatic heterocycles. The first-order valence-electron chi connectivity index (χ1n) is 6.77. The Labute approximate surface area is 127 Å². The van der Waals surface area contributed by atoms with Crippen LogP contribution in [0.25, 0.3) is 4.96 Å². The summed E-state index contributed by atoms with van der Waals surface area (Å²) in [5, 5.41) is 1.93. The molecule has 0 aromatic carbocycles. The maximum Gasteiger partial charge on any atom is 0.262 e. The van der Waals surface area contributed by atoms with Gasteiger partial charge in [-0.15, -0.1) is 11.3 Å². The minimum Gasteiger partial charge on any atom is -0.306 e. The van der Waals surface area contributed by atoms with Crippen molar-refractivity contribution < 1.29 is 8.42 Å². The van der Waals surface area contributed by atoms with Gasteiger partial charge in [0.25, 0.3) is 10.0 Å². The zero-order chi connectivity index (χ0) is 15.3. The molecule has 0 unspecified atom stereocenters. The number of thiazole rings is 1. The van der Waals surface area contributed by atoms with Crippen LogP contribution in [0, 0.1) is 5.41 Å². The van der Waals surface area contributed by atoms with Crippen LogP contribution < -0.4 is 11.3 Å². The van der Waals surface area contributed by atoms with Gasteiger partial charge in [0.05, 0.1) is 0 Å². The molecule has 3 heterocycles. The molecule has 3 rings (SSSR count). The van der Waals surface area contributed by atoms with Crippen molar-refractivity contribution in [3.63, 3.8) is 0 Å². The smallest absolute Gasteiger partial charge is 0.262 e. The highest BCUT2D eigenvalue weighted by atomic mass is 32.2. The molecule has 0 saturated carbocycles. The second-order valence-corrected chi connectivity index (χ2v) is 8.80. The lowest BCUT2D eigenvalue weighted by Crippen LogP contribution is -2.44. The highest BCUT2D eigenvalue weighted by molar-refractivity contribution is 7.89. The van der Waals surface area contributed by atoms with Crippen LogP contribution in [-0.4, -0.2) is 35.2 Å². The van der Waals surface area contributed by atoms with E-state index in [9.17, 15) is 8.42 Å². The lowest BCUT2D eigenvalue weighted by Gasteiger charge is -2.36. The maximum atomic E-state index is 13.0. The number of nitrogen functional groups attached to an aromatic ring is 1. The Morgan fingerprint density at radius 1 is 1.48 bits per heavy atom. The molecule has 116 valence electrons. The van der Waals surface area contributed by atoms with E-state index in [2.05, 4.69) is 24.3 Å². The van der Waals surface area contributed by atoms with E-state index in [0.29, 0.717) is 18.1 Å². The fourth-order valence-corrected chi connectivity index (χ4v) is 5.45. The molecule has 21 heavy (non-hydrogen) atoms. The molecule has 7 nitrogen and oxygen atoms in total. The van der Waals surface area contributed by atoms with Gasteiger partial charge in [-0.05, 0) is 18.3 Å². The first-order chi connectivity index (χ1) is 9.85. The predicted molar refractivity (Wildman–Crippen MR) is 82.7 cm³/mol. The average Bonchev–Trinajstić information content (AvgIpc) is 2.96. The van der Waals surface area contributed by atoms with Gasteiger partial charge in [0.1, 0.15) is 0 Å². The highest BCUT2D eigenvalue weighted by Crippen LogP contribution is 2.34. The largest absolute Gasteiger partial charge is 0.306 e. The summed E-state index contributed by atoms with van der Waals surface area (Å²) >= 11 is 1.37. The van der Waals surface area contributed by atoms with Crippen molar-refractivity contribution in [2.45, 2.75) is 31.7 Å². The monoisotopic (exact) mass is 329 g/mol. The Hall–Kier alpha value is -1.16. The van der Waals surface area contributed by atoms with Crippen molar-refractivity contribution >= 4 is 32.1 Å². The van der Waals surface area contributed by atoms with E-state index in [0.717, 1.165) is 12.8 Å².